The Morgan fingerprint density at radius 2 is 1.80 bits per heavy atom. The predicted octanol–water partition coefficient (Wildman–Crippen LogP) is 5.80. The van der Waals surface area contributed by atoms with Gasteiger partial charge in [-0.15, -0.1) is 0 Å². The van der Waals surface area contributed by atoms with Gasteiger partial charge < -0.3 is 15.7 Å². The van der Waals surface area contributed by atoms with E-state index in [1.165, 1.54) is 35.4 Å². The van der Waals surface area contributed by atoms with Crippen LogP contribution in [-0.2, 0) is 0 Å². The number of alkyl halides is 2. The number of β-amino-alcohol motifs (C(OH)–C–C–N with tert-alkyl or cyclic N) is 1. The number of aliphatic hydroxyl groups excluding tert-OH is 1. The first-order valence-corrected chi connectivity index (χ1v) is 12.3. The molecule has 3 heterocycles. The lowest BCUT2D eigenvalue weighted by molar-refractivity contribution is 0.0566. The van der Waals surface area contributed by atoms with Gasteiger partial charge in [0.25, 0.3) is 5.91 Å². The molecule has 3 N–H and O–H groups in total. The fraction of sp³-hybridized carbons (Fsp3) is 0.148. The van der Waals surface area contributed by atoms with E-state index in [1.54, 1.807) is 0 Å². The van der Waals surface area contributed by atoms with Crippen LogP contribution in [0.1, 0.15) is 45.7 Å². The van der Waals surface area contributed by atoms with E-state index in [-0.39, 0.29) is 50.8 Å². The largest absolute Gasteiger partial charge is 0.386 e. The molecule has 2 aliphatic rings. The maximum atomic E-state index is 14.2. The molecule has 0 saturated heterocycles. The van der Waals surface area contributed by atoms with Crippen molar-refractivity contribution in [2.75, 3.05) is 16.8 Å². The molecule has 4 aromatic rings. The summed E-state index contributed by atoms with van der Waals surface area (Å²) in [7, 11) is 0. The van der Waals surface area contributed by atoms with Gasteiger partial charge in [0, 0.05) is 44.7 Å². The minimum atomic E-state index is -2.89. The van der Waals surface area contributed by atoms with Gasteiger partial charge in [-0.05, 0) is 54.1 Å². The Hall–Kier alpha value is -4.42. The van der Waals surface area contributed by atoms with Crippen molar-refractivity contribution in [1.82, 2.24) is 15.1 Å². The minimum Gasteiger partial charge on any atom is -0.386 e. The number of aliphatic hydroxyl groups is 1. The lowest BCUT2D eigenvalue weighted by atomic mass is 9.93. The molecule has 0 aliphatic carbocycles. The second-order valence-electron chi connectivity index (χ2n) is 9.30. The highest BCUT2D eigenvalue weighted by atomic mass is 35.5. The molecule has 13 heteroatoms. The fourth-order valence-electron chi connectivity index (χ4n) is 5.05. The highest BCUT2D eigenvalue weighted by Gasteiger charge is 2.37. The first-order chi connectivity index (χ1) is 19.1. The molecule has 0 fully saturated rings. The van der Waals surface area contributed by atoms with Crippen LogP contribution in [0.4, 0.5) is 33.7 Å². The lowest BCUT2D eigenvalue weighted by Crippen LogP contribution is -2.34. The van der Waals surface area contributed by atoms with Gasteiger partial charge in [-0.3, -0.25) is 9.69 Å². The van der Waals surface area contributed by atoms with Crippen molar-refractivity contribution in [2.24, 2.45) is 0 Å². The molecular weight excluding hydrogens is 554 g/mol. The number of hydrogen-bond donors (Lipinski definition) is 3. The molecule has 0 saturated carbocycles. The number of carbonyl (C=O) groups excluding carboxylic acids is 2. The number of amides is 3. The standard InChI is InChI=1S/C27H18ClF4N5O3/c28-19-3-1-14(29)7-16(19)24-23-18(25(39)35-24)5-12(13-9-33-37(10-13)26(31)32)6-20(23)34-27(40)36-11-22(38)17-8-15(30)2-4-21(17)36/h1-10,22,24,26,38H,11H2,(H,34,40)(H,35,39)/t22-,24-/m0/s1. The van der Waals surface area contributed by atoms with Gasteiger partial charge in [0.15, 0.2) is 0 Å². The second kappa shape index (κ2) is 9.65. The molecule has 0 spiro atoms. The first-order valence-electron chi connectivity index (χ1n) is 11.9. The normalized spacial score (nSPS) is 17.7. The number of nitrogens with zero attached hydrogens (tertiary/aromatic N) is 3. The third-order valence-electron chi connectivity index (χ3n) is 6.87. The summed E-state index contributed by atoms with van der Waals surface area (Å²) in [6.45, 7) is -3.05. The Morgan fingerprint density at radius 3 is 2.52 bits per heavy atom. The molecular formula is C27H18ClF4N5O3. The quantitative estimate of drug-likeness (QED) is 0.270. The second-order valence-corrected chi connectivity index (χ2v) is 9.71. The maximum Gasteiger partial charge on any atom is 0.333 e. The van der Waals surface area contributed by atoms with Crippen LogP contribution < -0.4 is 15.5 Å². The number of halogens is 5. The molecule has 0 radical (unpaired) electrons. The van der Waals surface area contributed by atoms with Crippen molar-refractivity contribution in [3.63, 3.8) is 0 Å². The number of hydrogen-bond acceptors (Lipinski definition) is 4. The number of urea groups is 1. The van der Waals surface area contributed by atoms with Gasteiger partial charge in [0.2, 0.25) is 0 Å². The predicted molar refractivity (Wildman–Crippen MR) is 137 cm³/mol. The SMILES string of the molecule is O=C1N[C@@H](c2cc(F)ccc2Cl)c2c(NC(=O)N3C[C@H](O)c4cc(F)ccc43)cc(-c3cnn(C(F)F)c3)cc21. The van der Waals surface area contributed by atoms with Crippen molar-refractivity contribution in [3.05, 3.63) is 99.8 Å². The number of benzene rings is 3. The van der Waals surface area contributed by atoms with Crippen LogP contribution in [-0.4, -0.2) is 33.4 Å². The van der Waals surface area contributed by atoms with E-state index in [4.69, 9.17) is 11.6 Å². The highest BCUT2D eigenvalue weighted by molar-refractivity contribution is 6.31. The van der Waals surface area contributed by atoms with Gasteiger partial charge in [-0.1, -0.05) is 11.6 Å². The molecule has 1 aromatic heterocycles. The van der Waals surface area contributed by atoms with E-state index in [9.17, 15) is 32.3 Å². The Kier molecular flexibility index (Phi) is 6.23. The molecule has 0 bridgehead atoms. The Balaban J connectivity index is 1.46. The van der Waals surface area contributed by atoms with Crippen LogP contribution in [0.2, 0.25) is 5.02 Å². The summed E-state index contributed by atoms with van der Waals surface area (Å²) >= 11 is 6.34. The average molecular weight is 572 g/mol. The summed E-state index contributed by atoms with van der Waals surface area (Å²) in [4.78, 5) is 27.8. The highest BCUT2D eigenvalue weighted by Crippen LogP contribution is 2.42. The topological polar surface area (TPSA) is 99.5 Å². The number of fused-ring (bicyclic) bond motifs is 2. The molecule has 3 amide bonds. The van der Waals surface area contributed by atoms with E-state index >= 15 is 0 Å². The van der Waals surface area contributed by atoms with Crippen LogP contribution in [0.3, 0.4) is 0 Å². The monoisotopic (exact) mass is 571 g/mol. The summed E-state index contributed by atoms with van der Waals surface area (Å²) in [6.07, 6.45) is 1.15. The number of nitrogens with one attached hydrogen (secondary N) is 2. The summed E-state index contributed by atoms with van der Waals surface area (Å²) in [5, 5.41) is 19.7. The molecule has 40 heavy (non-hydrogen) atoms. The summed E-state index contributed by atoms with van der Waals surface area (Å²) in [6, 6.07) is 8.58. The van der Waals surface area contributed by atoms with Crippen LogP contribution in [0.25, 0.3) is 11.1 Å². The van der Waals surface area contributed by atoms with Gasteiger partial charge in [0.1, 0.15) is 11.6 Å². The Labute approximate surface area is 228 Å². The van der Waals surface area contributed by atoms with Crippen molar-refractivity contribution >= 4 is 34.9 Å². The molecule has 8 nitrogen and oxygen atoms in total. The van der Waals surface area contributed by atoms with E-state index < -0.39 is 42.3 Å². The zero-order valence-electron chi connectivity index (χ0n) is 20.2. The number of carbonyl (C=O) groups is 2. The van der Waals surface area contributed by atoms with Gasteiger partial charge in [0.05, 0.1) is 30.6 Å². The third-order valence-corrected chi connectivity index (χ3v) is 7.22. The average Bonchev–Trinajstić information content (AvgIpc) is 3.62. The third kappa shape index (κ3) is 4.34. The van der Waals surface area contributed by atoms with Gasteiger partial charge in [-0.25, -0.2) is 18.3 Å². The van der Waals surface area contributed by atoms with Crippen LogP contribution in [0.5, 0.6) is 0 Å². The van der Waals surface area contributed by atoms with Crippen LogP contribution in [0.15, 0.2) is 60.9 Å². The molecule has 2 atom stereocenters. The Bertz CT molecular complexity index is 1690. The molecule has 0 unspecified atom stereocenters. The Morgan fingerprint density at radius 1 is 1.07 bits per heavy atom. The van der Waals surface area contributed by atoms with Crippen molar-refractivity contribution < 1.29 is 32.3 Å². The summed E-state index contributed by atoms with van der Waals surface area (Å²) < 4.78 is 54.7. The van der Waals surface area contributed by atoms with E-state index in [0.717, 1.165) is 30.5 Å². The molecule has 6 rings (SSSR count). The number of rotatable bonds is 4. The minimum absolute atomic E-state index is 0.104. The maximum absolute atomic E-state index is 14.2. The van der Waals surface area contributed by atoms with Gasteiger partial charge in [-0.2, -0.15) is 13.9 Å². The first kappa shape index (κ1) is 25.8. The number of anilines is 2. The van der Waals surface area contributed by atoms with Crippen molar-refractivity contribution in [1.29, 1.82) is 0 Å². The zero-order chi connectivity index (χ0) is 28.3. The van der Waals surface area contributed by atoms with E-state index in [0.29, 0.717) is 10.2 Å². The number of aromatic nitrogens is 2. The molecule has 2 aliphatic heterocycles. The smallest absolute Gasteiger partial charge is 0.333 e. The van der Waals surface area contributed by atoms with E-state index in [2.05, 4.69) is 15.7 Å². The molecule has 3 aromatic carbocycles. The zero-order valence-corrected chi connectivity index (χ0v) is 21.0. The summed E-state index contributed by atoms with van der Waals surface area (Å²) in [5.41, 5.74) is 1.78. The van der Waals surface area contributed by atoms with Crippen LogP contribution >= 0.6 is 11.6 Å². The van der Waals surface area contributed by atoms with Gasteiger partial charge >= 0.3 is 12.6 Å². The van der Waals surface area contributed by atoms with E-state index in [1.807, 2.05) is 0 Å². The molecule has 204 valence electrons. The fourth-order valence-corrected chi connectivity index (χ4v) is 5.28. The lowest BCUT2D eigenvalue weighted by Gasteiger charge is -2.22. The van der Waals surface area contributed by atoms with Crippen LogP contribution in [0, 0.1) is 11.6 Å². The van der Waals surface area contributed by atoms with Crippen molar-refractivity contribution in [3.8, 4) is 11.1 Å². The van der Waals surface area contributed by atoms with Crippen molar-refractivity contribution in [2.45, 2.75) is 18.7 Å². The summed E-state index contributed by atoms with van der Waals surface area (Å²) in [5.74, 6) is -1.73.